The van der Waals surface area contributed by atoms with Gasteiger partial charge in [-0.3, -0.25) is 0 Å². The molecule has 3 fully saturated rings. The molecule has 0 unspecified atom stereocenters. The van der Waals surface area contributed by atoms with E-state index in [-0.39, 0.29) is 23.3 Å². The van der Waals surface area contributed by atoms with Crippen LogP contribution in [0.5, 0.6) is 0 Å². The second kappa shape index (κ2) is 5.56. The highest BCUT2D eigenvalue weighted by Crippen LogP contribution is 2.60. The van der Waals surface area contributed by atoms with Crippen molar-refractivity contribution in [1.82, 2.24) is 10.6 Å². The Morgan fingerprint density at radius 3 is 1.39 bits per heavy atom. The van der Waals surface area contributed by atoms with Crippen molar-refractivity contribution in [3.8, 4) is 0 Å². The van der Waals surface area contributed by atoms with E-state index in [0.29, 0.717) is 0 Å². The number of rotatable bonds is 6. The Kier molecular flexibility index (Phi) is 4.33. The topological polar surface area (TPSA) is 76.7 Å². The van der Waals surface area contributed by atoms with Crippen LogP contribution >= 0.6 is 0 Å². The summed E-state index contributed by atoms with van der Waals surface area (Å²) in [5.74, 6) is 0. The van der Waals surface area contributed by atoms with Gasteiger partial charge in [-0.05, 0) is 59.8 Å². The average molecular weight is 326 g/mol. The third kappa shape index (κ3) is 3.90. The van der Waals surface area contributed by atoms with Crippen molar-refractivity contribution in [2.45, 2.75) is 95.9 Å². The minimum atomic E-state index is -0.459. The molecule has 0 spiro atoms. The van der Waals surface area contributed by atoms with Crippen LogP contribution in [0.3, 0.4) is 0 Å². The lowest BCUT2D eigenvalue weighted by Crippen LogP contribution is -2.84. The van der Waals surface area contributed by atoms with Crippen LogP contribution in [0.1, 0.15) is 73.6 Å². The van der Waals surface area contributed by atoms with Gasteiger partial charge < -0.3 is 20.1 Å². The molecule has 0 aliphatic heterocycles. The molecule has 0 radical (unpaired) electrons. The molecule has 132 valence electrons. The van der Waals surface area contributed by atoms with Crippen LogP contribution in [0, 0.1) is 0 Å². The van der Waals surface area contributed by atoms with Crippen LogP contribution in [0.4, 0.5) is 9.59 Å². The molecule has 0 saturated heterocycles. The van der Waals surface area contributed by atoms with Crippen molar-refractivity contribution in [2.24, 2.45) is 0 Å². The van der Waals surface area contributed by atoms with E-state index in [1.165, 1.54) is 0 Å². The first-order valence-electron chi connectivity index (χ1n) is 8.47. The van der Waals surface area contributed by atoms with Gasteiger partial charge >= 0.3 is 12.2 Å². The first-order chi connectivity index (χ1) is 10.4. The number of alkyl carbamates (subject to hydrolysis) is 2. The number of carbonyl (C=O) groups excluding carboxylic acids is 2. The Bertz CT molecular complexity index is 437. The maximum absolute atomic E-state index is 12.0. The van der Waals surface area contributed by atoms with Gasteiger partial charge in [-0.15, -0.1) is 0 Å². The molecule has 6 nitrogen and oxygen atoms in total. The SMILES string of the molecule is CCC(C)(C)OC(=O)NC12CC(NC(=O)OC(C)(C)CC)(C1)C2. The fourth-order valence-electron chi connectivity index (χ4n) is 3.18. The molecule has 0 heterocycles. The Balaban J connectivity index is 1.76. The quantitative estimate of drug-likeness (QED) is 0.783. The van der Waals surface area contributed by atoms with Gasteiger partial charge in [-0.25, -0.2) is 9.59 Å². The van der Waals surface area contributed by atoms with E-state index in [1.54, 1.807) is 0 Å². The Morgan fingerprint density at radius 1 is 0.826 bits per heavy atom. The largest absolute Gasteiger partial charge is 0.444 e. The summed E-state index contributed by atoms with van der Waals surface area (Å²) in [7, 11) is 0. The van der Waals surface area contributed by atoms with E-state index in [9.17, 15) is 9.59 Å². The zero-order valence-corrected chi connectivity index (χ0v) is 15.2. The van der Waals surface area contributed by atoms with E-state index < -0.39 is 11.2 Å². The summed E-state index contributed by atoms with van der Waals surface area (Å²) in [6.45, 7) is 11.5. The second-order valence-electron chi connectivity index (χ2n) is 8.35. The first-order valence-corrected chi connectivity index (χ1v) is 8.47. The highest BCUT2D eigenvalue weighted by atomic mass is 16.6. The standard InChI is InChI=1S/C17H30N2O4/c1-7-14(3,4)22-12(20)18-16-9-17(10-16,11-16)19-13(21)23-15(5,6)8-2/h7-11H2,1-6H3,(H,18,20)(H,19,21). The summed E-state index contributed by atoms with van der Waals surface area (Å²) >= 11 is 0. The van der Waals surface area contributed by atoms with Crippen LogP contribution in [0.15, 0.2) is 0 Å². The zero-order chi connectivity index (χ0) is 17.5. The molecule has 3 aliphatic carbocycles. The number of ether oxygens (including phenoxy) is 2. The van der Waals surface area contributed by atoms with Crippen LogP contribution in [0.25, 0.3) is 0 Å². The number of amides is 2. The molecule has 0 aromatic rings. The average Bonchev–Trinajstić information content (AvgIpc) is 2.33. The molecule has 6 heteroatoms. The van der Waals surface area contributed by atoms with Crippen molar-refractivity contribution in [3.63, 3.8) is 0 Å². The van der Waals surface area contributed by atoms with Gasteiger partial charge in [0, 0.05) is 0 Å². The molecule has 2 amide bonds. The van der Waals surface area contributed by atoms with Gasteiger partial charge in [0.25, 0.3) is 0 Å². The monoisotopic (exact) mass is 326 g/mol. The number of nitrogens with one attached hydrogen (secondary N) is 2. The van der Waals surface area contributed by atoms with E-state index in [2.05, 4.69) is 10.6 Å². The highest BCUT2D eigenvalue weighted by molar-refractivity contribution is 5.73. The van der Waals surface area contributed by atoms with Crippen molar-refractivity contribution in [3.05, 3.63) is 0 Å². The molecule has 2 N–H and O–H groups in total. The predicted molar refractivity (Wildman–Crippen MR) is 87.3 cm³/mol. The zero-order valence-electron chi connectivity index (χ0n) is 15.2. The summed E-state index contributed by atoms with van der Waals surface area (Å²) in [5.41, 5.74) is -1.35. The fourth-order valence-corrected chi connectivity index (χ4v) is 3.18. The molecular formula is C17H30N2O4. The van der Waals surface area contributed by atoms with Crippen molar-refractivity contribution >= 4 is 12.2 Å². The van der Waals surface area contributed by atoms with Crippen molar-refractivity contribution in [1.29, 1.82) is 0 Å². The Labute approximate surface area is 138 Å². The number of hydrogen-bond donors (Lipinski definition) is 2. The molecule has 2 bridgehead atoms. The lowest BCUT2D eigenvalue weighted by molar-refractivity contribution is -0.104. The van der Waals surface area contributed by atoms with Gasteiger partial charge in [0.05, 0.1) is 11.1 Å². The van der Waals surface area contributed by atoms with Crippen LogP contribution in [-0.2, 0) is 9.47 Å². The summed E-state index contributed by atoms with van der Waals surface area (Å²) in [5, 5.41) is 5.91. The summed E-state index contributed by atoms with van der Waals surface area (Å²) in [6, 6.07) is 0. The van der Waals surface area contributed by atoms with Crippen molar-refractivity contribution < 1.29 is 19.1 Å². The van der Waals surface area contributed by atoms with Crippen LogP contribution in [-0.4, -0.2) is 34.5 Å². The number of carbonyl (C=O) groups is 2. The minimum Gasteiger partial charge on any atom is -0.444 e. The van der Waals surface area contributed by atoms with Gasteiger partial charge in [-0.1, -0.05) is 13.8 Å². The molecule has 23 heavy (non-hydrogen) atoms. The second-order valence-corrected chi connectivity index (χ2v) is 8.35. The van der Waals surface area contributed by atoms with Crippen LogP contribution in [0.2, 0.25) is 0 Å². The maximum Gasteiger partial charge on any atom is 0.408 e. The van der Waals surface area contributed by atoms with Gasteiger partial charge in [0.15, 0.2) is 0 Å². The molecule has 0 atom stereocenters. The normalized spacial score (nSPS) is 29.0. The molecule has 0 aromatic heterocycles. The summed E-state index contributed by atoms with van der Waals surface area (Å²) in [6.07, 6.45) is 2.99. The molecule has 3 aliphatic rings. The summed E-state index contributed by atoms with van der Waals surface area (Å²) < 4.78 is 10.8. The Hall–Kier alpha value is -1.46. The maximum atomic E-state index is 12.0. The highest BCUT2D eigenvalue weighted by Gasteiger charge is 2.70. The third-order valence-corrected chi connectivity index (χ3v) is 5.21. The first kappa shape index (κ1) is 17.9. The molecule has 3 rings (SSSR count). The fraction of sp³-hybridized carbons (Fsp3) is 0.882. The summed E-state index contributed by atoms with van der Waals surface area (Å²) in [4.78, 5) is 23.9. The number of hydrogen-bond acceptors (Lipinski definition) is 4. The van der Waals surface area contributed by atoms with Gasteiger partial charge in [0.2, 0.25) is 0 Å². The lowest BCUT2D eigenvalue weighted by atomic mass is 9.44. The molecular weight excluding hydrogens is 296 g/mol. The minimum absolute atomic E-state index is 0.214. The molecule has 0 aromatic carbocycles. The smallest absolute Gasteiger partial charge is 0.408 e. The Morgan fingerprint density at radius 2 is 1.13 bits per heavy atom. The van der Waals surface area contributed by atoms with E-state index in [1.807, 2.05) is 41.5 Å². The third-order valence-electron chi connectivity index (χ3n) is 5.21. The predicted octanol–water partition coefficient (Wildman–Crippen LogP) is 3.49. The van der Waals surface area contributed by atoms with E-state index in [0.717, 1.165) is 32.1 Å². The van der Waals surface area contributed by atoms with Gasteiger partial charge in [-0.2, -0.15) is 0 Å². The lowest BCUT2D eigenvalue weighted by Gasteiger charge is -2.69. The van der Waals surface area contributed by atoms with Gasteiger partial charge in [0.1, 0.15) is 11.2 Å². The van der Waals surface area contributed by atoms with Crippen LogP contribution < -0.4 is 10.6 Å². The molecule has 3 saturated carbocycles. The van der Waals surface area contributed by atoms with Crippen molar-refractivity contribution in [2.75, 3.05) is 0 Å². The van der Waals surface area contributed by atoms with E-state index >= 15 is 0 Å². The van der Waals surface area contributed by atoms with E-state index in [4.69, 9.17) is 9.47 Å².